The minimum atomic E-state index is -0.199. The maximum Gasteiger partial charge on any atom is 0.334 e. The summed E-state index contributed by atoms with van der Waals surface area (Å²) in [4.78, 5) is 22.6. The van der Waals surface area contributed by atoms with Crippen LogP contribution in [0.15, 0.2) is 12.2 Å². The first-order valence-electron chi connectivity index (χ1n) is 6.82. The smallest absolute Gasteiger partial charge is 0.334 e. The number of esters is 1. The van der Waals surface area contributed by atoms with Gasteiger partial charge in [-0.15, -0.1) is 0 Å². The Labute approximate surface area is 108 Å². The van der Waals surface area contributed by atoms with Gasteiger partial charge in [0.1, 0.15) is 11.9 Å². The second kappa shape index (κ2) is 3.69. The molecular formula is C15H20O3. The summed E-state index contributed by atoms with van der Waals surface area (Å²) in [5.41, 5.74) is 0.959. The Morgan fingerprint density at radius 2 is 2.28 bits per heavy atom. The molecule has 0 amide bonds. The largest absolute Gasteiger partial charge is 0.458 e. The van der Waals surface area contributed by atoms with E-state index in [4.69, 9.17) is 4.74 Å². The average Bonchev–Trinajstić information content (AvgIpc) is 2.77. The average molecular weight is 248 g/mol. The number of hydrogen-bond acceptors (Lipinski definition) is 3. The van der Waals surface area contributed by atoms with E-state index in [0.717, 1.165) is 19.3 Å². The van der Waals surface area contributed by atoms with E-state index >= 15 is 0 Å². The molecule has 0 unspecified atom stereocenters. The van der Waals surface area contributed by atoms with Crippen LogP contribution < -0.4 is 0 Å². The molecule has 0 radical (unpaired) electrons. The lowest BCUT2D eigenvalue weighted by Gasteiger charge is -2.27. The predicted octanol–water partition coefficient (Wildman–Crippen LogP) is 2.50. The normalized spacial score (nSPS) is 45.2. The second-order valence-corrected chi connectivity index (χ2v) is 6.47. The summed E-state index contributed by atoms with van der Waals surface area (Å²) in [5, 5.41) is 0. The zero-order valence-corrected chi connectivity index (χ0v) is 11.1. The summed E-state index contributed by atoms with van der Waals surface area (Å²) in [5.74, 6) is 1.61. The topological polar surface area (TPSA) is 43.4 Å². The van der Waals surface area contributed by atoms with Gasteiger partial charge in [0.25, 0.3) is 0 Å². The van der Waals surface area contributed by atoms with Gasteiger partial charge in [0.2, 0.25) is 0 Å². The van der Waals surface area contributed by atoms with Crippen molar-refractivity contribution in [2.75, 3.05) is 0 Å². The standard InChI is InChI=1S/C15H20O3/c1-8(16)4-5-11-12-6-10-9(2)14(17)18-13(10)7-15(11,12)3/h10-13H,2,4-7H2,1,3H3/t10-,11-,12+,13-,15+/m0/s1. The van der Waals surface area contributed by atoms with Crippen molar-refractivity contribution in [1.29, 1.82) is 0 Å². The Morgan fingerprint density at radius 3 is 2.94 bits per heavy atom. The van der Waals surface area contributed by atoms with Gasteiger partial charge in [0, 0.05) is 17.9 Å². The lowest BCUT2D eigenvalue weighted by atomic mass is 9.79. The molecule has 1 aliphatic heterocycles. The number of carbonyl (C=O) groups is 2. The SMILES string of the molecule is C=C1C(=O)O[C@H]2C[C@@]3(C)[C@H](C[C@@H]12)[C@@H]3CCC(C)=O. The quantitative estimate of drug-likeness (QED) is 0.569. The van der Waals surface area contributed by atoms with E-state index in [1.54, 1.807) is 6.92 Å². The Balaban J connectivity index is 1.69. The van der Waals surface area contributed by atoms with E-state index in [2.05, 4.69) is 13.5 Å². The number of rotatable bonds is 3. The lowest BCUT2D eigenvalue weighted by Crippen LogP contribution is -2.26. The number of hydrogen-bond donors (Lipinski definition) is 0. The summed E-state index contributed by atoms with van der Waals surface area (Å²) in [7, 11) is 0. The molecule has 3 aliphatic rings. The van der Waals surface area contributed by atoms with E-state index in [0.29, 0.717) is 29.2 Å². The fraction of sp³-hybridized carbons (Fsp3) is 0.733. The number of ketones is 1. The maximum absolute atomic E-state index is 11.5. The van der Waals surface area contributed by atoms with Gasteiger partial charge in [-0.2, -0.15) is 0 Å². The Kier molecular flexibility index (Phi) is 2.45. The summed E-state index contributed by atoms with van der Waals surface area (Å²) in [6, 6.07) is 0. The third-order valence-electron chi connectivity index (χ3n) is 5.44. The molecule has 3 nitrogen and oxygen atoms in total. The van der Waals surface area contributed by atoms with Crippen molar-refractivity contribution >= 4 is 11.8 Å². The number of fused-ring (bicyclic) bond motifs is 2. The zero-order valence-electron chi connectivity index (χ0n) is 11.1. The van der Waals surface area contributed by atoms with Gasteiger partial charge >= 0.3 is 5.97 Å². The molecule has 0 bridgehead atoms. The molecule has 1 saturated heterocycles. The van der Waals surface area contributed by atoms with E-state index in [-0.39, 0.29) is 23.8 Å². The zero-order chi connectivity index (χ0) is 13.1. The Bertz CT molecular complexity index is 439. The van der Waals surface area contributed by atoms with Crippen molar-refractivity contribution in [3.63, 3.8) is 0 Å². The second-order valence-electron chi connectivity index (χ2n) is 6.47. The number of Topliss-reactive ketones (excluding diaryl/α,β-unsaturated/α-hetero) is 1. The first kappa shape index (κ1) is 11.9. The van der Waals surface area contributed by atoms with E-state index < -0.39 is 0 Å². The van der Waals surface area contributed by atoms with Crippen LogP contribution in [-0.2, 0) is 14.3 Å². The van der Waals surface area contributed by atoms with Gasteiger partial charge in [-0.1, -0.05) is 13.5 Å². The van der Waals surface area contributed by atoms with Crippen LogP contribution in [-0.4, -0.2) is 17.9 Å². The van der Waals surface area contributed by atoms with Crippen LogP contribution in [0.1, 0.15) is 39.5 Å². The van der Waals surface area contributed by atoms with Gasteiger partial charge in [-0.3, -0.25) is 0 Å². The first-order chi connectivity index (χ1) is 8.43. The summed E-state index contributed by atoms with van der Waals surface area (Å²) in [6.45, 7) is 7.81. The van der Waals surface area contributed by atoms with Crippen LogP contribution in [0.4, 0.5) is 0 Å². The molecule has 0 aromatic rings. The van der Waals surface area contributed by atoms with Crippen molar-refractivity contribution in [2.24, 2.45) is 23.2 Å². The van der Waals surface area contributed by atoms with Gasteiger partial charge in [0.05, 0.1) is 0 Å². The van der Waals surface area contributed by atoms with E-state index in [9.17, 15) is 9.59 Å². The molecule has 3 fully saturated rings. The molecule has 18 heavy (non-hydrogen) atoms. The van der Waals surface area contributed by atoms with Crippen molar-refractivity contribution in [3.05, 3.63) is 12.2 Å². The van der Waals surface area contributed by atoms with Crippen molar-refractivity contribution < 1.29 is 14.3 Å². The fourth-order valence-electron chi connectivity index (χ4n) is 4.25. The summed E-state index contributed by atoms with van der Waals surface area (Å²) < 4.78 is 5.41. The molecular weight excluding hydrogens is 228 g/mol. The Hall–Kier alpha value is -1.12. The monoisotopic (exact) mass is 248 g/mol. The molecule has 3 rings (SSSR count). The van der Waals surface area contributed by atoms with Crippen molar-refractivity contribution in [3.8, 4) is 0 Å². The molecule has 2 saturated carbocycles. The molecule has 0 N–H and O–H groups in total. The highest BCUT2D eigenvalue weighted by Gasteiger charge is 2.66. The molecule has 3 heteroatoms. The molecule has 0 spiro atoms. The van der Waals surface area contributed by atoms with E-state index in [1.807, 2.05) is 0 Å². The van der Waals surface area contributed by atoms with Gasteiger partial charge in [-0.25, -0.2) is 4.79 Å². The van der Waals surface area contributed by atoms with Crippen LogP contribution in [0.2, 0.25) is 0 Å². The fourth-order valence-corrected chi connectivity index (χ4v) is 4.25. The maximum atomic E-state index is 11.5. The Morgan fingerprint density at radius 1 is 1.56 bits per heavy atom. The molecule has 2 aliphatic carbocycles. The van der Waals surface area contributed by atoms with Gasteiger partial charge < -0.3 is 9.53 Å². The van der Waals surface area contributed by atoms with Gasteiger partial charge in [0.15, 0.2) is 0 Å². The van der Waals surface area contributed by atoms with Crippen LogP contribution in [0.25, 0.3) is 0 Å². The minimum absolute atomic E-state index is 0.0496. The highest BCUT2D eigenvalue weighted by molar-refractivity contribution is 5.90. The third-order valence-corrected chi connectivity index (χ3v) is 5.44. The molecule has 0 aromatic carbocycles. The lowest BCUT2D eigenvalue weighted by molar-refractivity contribution is -0.140. The number of ether oxygens (including phenoxy) is 1. The number of carbonyl (C=O) groups excluding carboxylic acids is 2. The van der Waals surface area contributed by atoms with Crippen molar-refractivity contribution in [1.82, 2.24) is 0 Å². The highest BCUT2D eigenvalue weighted by Crippen LogP contribution is 2.70. The summed E-state index contributed by atoms with van der Waals surface area (Å²) in [6.07, 6.45) is 3.71. The first-order valence-corrected chi connectivity index (χ1v) is 6.82. The predicted molar refractivity (Wildman–Crippen MR) is 66.7 cm³/mol. The molecule has 98 valence electrons. The molecule has 1 heterocycles. The summed E-state index contributed by atoms with van der Waals surface area (Å²) >= 11 is 0. The minimum Gasteiger partial charge on any atom is -0.458 e. The van der Waals surface area contributed by atoms with E-state index in [1.165, 1.54) is 0 Å². The van der Waals surface area contributed by atoms with Crippen LogP contribution in [0, 0.1) is 23.2 Å². The van der Waals surface area contributed by atoms with Crippen LogP contribution in [0.3, 0.4) is 0 Å². The van der Waals surface area contributed by atoms with Crippen molar-refractivity contribution in [2.45, 2.75) is 45.6 Å². The highest BCUT2D eigenvalue weighted by atomic mass is 16.6. The third kappa shape index (κ3) is 1.56. The van der Waals surface area contributed by atoms with Gasteiger partial charge in [-0.05, 0) is 43.4 Å². The van der Waals surface area contributed by atoms with Crippen LogP contribution >= 0.6 is 0 Å². The van der Waals surface area contributed by atoms with Crippen LogP contribution in [0.5, 0.6) is 0 Å². The molecule has 5 atom stereocenters. The molecule has 0 aromatic heterocycles.